The minimum Gasteiger partial charge on any atom is -0.462 e. The fourth-order valence-electron chi connectivity index (χ4n) is 1.32. The molecule has 0 aromatic carbocycles. The molecule has 0 saturated carbocycles. The second-order valence-electron chi connectivity index (χ2n) is 3.08. The van der Waals surface area contributed by atoms with Crippen molar-refractivity contribution < 1.29 is 19.7 Å². The van der Waals surface area contributed by atoms with E-state index in [4.69, 9.17) is 14.9 Å². The molecule has 4 nitrogen and oxygen atoms in total. The van der Waals surface area contributed by atoms with Crippen LogP contribution in [0, 0.1) is 0 Å². The maximum absolute atomic E-state index is 10.8. The van der Waals surface area contributed by atoms with Crippen molar-refractivity contribution in [3.63, 3.8) is 0 Å². The minimum atomic E-state index is -0.763. The predicted molar refractivity (Wildman–Crippen MR) is 41.4 cm³/mol. The maximum Gasteiger partial charge on any atom is 0.306 e. The largest absolute Gasteiger partial charge is 0.462 e. The van der Waals surface area contributed by atoms with Gasteiger partial charge in [-0.15, -0.1) is 0 Å². The molecule has 1 aliphatic heterocycles. The zero-order valence-corrected chi connectivity index (χ0v) is 6.90. The monoisotopic (exact) mass is 174 g/mol. The number of hydrogen-bond donors (Lipinski definition) is 2. The molecule has 1 aliphatic rings. The van der Waals surface area contributed by atoms with E-state index in [9.17, 15) is 4.79 Å². The average Bonchev–Trinajstić information content (AvgIpc) is 2.04. The second-order valence-corrected chi connectivity index (χ2v) is 3.08. The van der Waals surface area contributed by atoms with Gasteiger partial charge in [-0.25, -0.2) is 0 Å². The van der Waals surface area contributed by atoms with Gasteiger partial charge in [-0.05, 0) is 12.8 Å². The molecule has 0 aromatic heterocycles. The van der Waals surface area contributed by atoms with Crippen molar-refractivity contribution in [2.24, 2.45) is 0 Å². The quantitative estimate of drug-likeness (QED) is 0.583. The first-order valence-electron chi connectivity index (χ1n) is 4.20. The van der Waals surface area contributed by atoms with Gasteiger partial charge in [0.15, 0.2) is 0 Å². The van der Waals surface area contributed by atoms with E-state index in [1.54, 1.807) is 0 Å². The third kappa shape index (κ3) is 2.79. The number of carbonyl (C=O) groups excluding carboxylic acids is 1. The van der Waals surface area contributed by atoms with Crippen LogP contribution in [0.3, 0.4) is 0 Å². The van der Waals surface area contributed by atoms with E-state index in [1.807, 2.05) is 0 Å². The molecule has 1 rings (SSSR count). The molecule has 1 saturated heterocycles. The van der Waals surface area contributed by atoms with E-state index in [-0.39, 0.29) is 18.7 Å². The zero-order chi connectivity index (χ0) is 8.97. The Kier molecular flexibility index (Phi) is 3.49. The molecule has 0 amide bonds. The van der Waals surface area contributed by atoms with Gasteiger partial charge in [-0.1, -0.05) is 0 Å². The van der Waals surface area contributed by atoms with E-state index >= 15 is 0 Å². The highest BCUT2D eigenvalue weighted by molar-refractivity contribution is 5.70. The normalized spacial score (nSPS) is 26.5. The Morgan fingerprint density at radius 3 is 3.00 bits per heavy atom. The van der Waals surface area contributed by atoms with Gasteiger partial charge >= 0.3 is 5.97 Å². The number of hydrogen-bond acceptors (Lipinski definition) is 4. The Balaban J connectivity index is 2.27. The lowest BCUT2D eigenvalue weighted by atomic mass is 10.0. The Bertz CT molecular complexity index is 157. The average molecular weight is 174 g/mol. The van der Waals surface area contributed by atoms with Crippen LogP contribution in [0.5, 0.6) is 0 Å². The molecule has 2 unspecified atom stereocenters. The molecule has 0 spiro atoms. The van der Waals surface area contributed by atoms with E-state index in [0.717, 1.165) is 12.8 Å². The number of esters is 1. The van der Waals surface area contributed by atoms with Gasteiger partial charge in [0.2, 0.25) is 0 Å². The van der Waals surface area contributed by atoms with Crippen LogP contribution in [0.4, 0.5) is 0 Å². The van der Waals surface area contributed by atoms with E-state index in [2.05, 4.69) is 0 Å². The van der Waals surface area contributed by atoms with Crippen LogP contribution in [0.15, 0.2) is 0 Å². The summed E-state index contributed by atoms with van der Waals surface area (Å²) in [7, 11) is 0. The van der Waals surface area contributed by atoms with Crippen molar-refractivity contribution >= 4 is 5.97 Å². The summed E-state index contributed by atoms with van der Waals surface area (Å²) in [6.07, 6.45) is 1.48. The topological polar surface area (TPSA) is 66.8 Å². The second kappa shape index (κ2) is 4.42. The van der Waals surface area contributed by atoms with Crippen LogP contribution >= 0.6 is 0 Å². The summed E-state index contributed by atoms with van der Waals surface area (Å²) in [6.45, 7) is -0.270. The molecule has 4 heteroatoms. The number of cyclic esters (lactones) is 1. The van der Waals surface area contributed by atoms with Crippen LogP contribution in [0.1, 0.15) is 25.7 Å². The zero-order valence-electron chi connectivity index (χ0n) is 6.90. The molecular formula is C8H14O4. The van der Waals surface area contributed by atoms with Crippen molar-refractivity contribution in [3.05, 3.63) is 0 Å². The lowest BCUT2D eigenvalue weighted by Crippen LogP contribution is -2.28. The minimum absolute atomic E-state index is 0.198. The molecular weight excluding hydrogens is 160 g/mol. The number of aliphatic hydroxyl groups is 2. The van der Waals surface area contributed by atoms with Crippen LogP contribution in [0.25, 0.3) is 0 Å². The smallest absolute Gasteiger partial charge is 0.306 e. The molecule has 12 heavy (non-hydrogen) atoms. The summed E-state index contributed by atoms with van der Waals surface area (Å²) in [6, 6.07) is 0. The van der Waals surface area contributed by atoms with Crippen molar-refractivity contribution in [1.82, 2.24) is 0 Å². The van der Waals surface area contributed by atoms with Crippen LogP contribution in [-0.2, 0) is 9.53 Å². The third-order valence-corrected chi connectivity index (χ3v) is 1.95. The molecule has 0 aromatic rings. The number of aliphatic hydroxyl groups excluding tert-OH is 2. The van der Waals surface area contributed by atoms with Gasteiger partial charge in [-0.3, -0.25) is 4.79 Å². The number of rotatable bonds is 3. The van der Waals surface area contributed by atoms with Crippen molar-refractivity contribution in [1.29, 1.82) is 0 Å². The highest BCUT2D eigenvalue weighted by Gasteiger charge is 2.22. The Morgan fingerprint density at radius 2 is 2.42 bits per heavy atom. The van der Waals surface area contributed by atoms with Gasteiger partial charge in [0.05, 0.1) is 12.7 Å². The summed E-state index contributed by atoms with van der Waals surface area (Å²) in [5.41, 5.74) is 0. The summed E-state index contributed by atoms with van der Waals surface area (Å²) in [5.74, 6) is -0.198. The lowest BCUT2D eigenvalue weighted by molar-refractivity contribution is -0.155. The summed E-state index contributed by atoms with van der Waals surface area (Å²) >= 11 is 0. The number of carbonyl (C=O) groups is 1. The Morgan fingerprint density at radius 1 is 1.67 bits per heavy atom. The molecule has 70 valence electrons. The van der Waals surface area contributed by atoms with Crippen LogP contribution in [-0.4, -0.2) is 35.0 Å². The SMILES string of the molecule is O=C1CCCC(CC(O)CO)O1. The number of ether oxygens (including phenoxy) is 1. The fraction of sp³-hybridized carbons (Fsp3) is 0.875. The van der Waals surface area contributed by atoms with E-state index in [1.165, 1.54) is 0 Å². The van der Waals surface area contributed by atoms with Crippen molar-refractivity contribution in [2.45, 2.75) is 37.9 Å². The molecule has 2 N–H and O–H groups in total. The van der Waals surface area contributed by atoms with E-state index in [0.29, 0.717) is 12.8 Å². The fourth-order valence-corrected chi connectivity index (χ4v) is 1.32. The van der Waals surface area contributed by atoms with E-state index < -0.39 is 6.10 Å². The molecule has 1 heterocycles. The van der Waals surface area contributed by atoms with Crippen molar-refractivity contribution in [3.8, 4) is 0 Å². The first-order valence-corrected chi connectivity index (χ1v) is 4.20. The first kappa shape index (κ1) is 9.48. The van der Waals surface area contributed by atoms with Gasteiger partial charge in [0.25, 0.3) is 0 Å². The Labute approximate surface area is 71.2 Å². The van der Waals surface area contributed by atoms with Gasteiger partial charge in [0, 0.05) is 12.8 Å². The summed E-state index contributed by atoms with van der Waals surface area (Å²) < 4.78 is 4.95. The van der Waals surface area contributed by atoms with Crippen LogP contribution in [0.2, 0.25) is 0 Å². The maximum atomic E-state index is 10.8. The predicted octanol–water partition coefficient (Wildman–Crippen LogP) is -0.175. The van der Waals surface area contributed by atoms with Crippen LogP contribution < -0.4 is 0 Å². The first-order chi connectivity index (χ1) is 5.72. The summed E-state index contributed by atoms with van der Waals surface area (Å²) in [4.78, 5) is 10.8. The lowest BCUT2D eigenvalue weighted by Gasteiger charge is -2.23. The highest BCUT2D eigenvalue weighted by atomic mass is 16.5. The van der Waals surface area contributed by atoms with Gasteiger partial charge < -0.3 is 14.9 Å². The standard InChI is InChI=1S/C8H14O4/c9-5-6(10)4-7-2-1-3-8(11)12-7/h6-7,9-10H,1-5H2. The highest BCUT2D eigenvalue weighted by Crippen LogP contribution is 2.17. The molecule has 1 fully saturated rings. The summed E-state index contributed by atoms with van der Waals surface area (Å²) in [5, 5.41) is 17.6. The third-order valence-electron chi connectivity index (χ3n) is 1.95. The molecule has 0 aliphatic carbocycles. The molecule has 0 radical (unpaired) electrons. The van der Waals surface area contributed by atoms with Crippen molar-refractivity contribution in [2.75, 3.05) is 6.61 Å². The van der Waals surface area contributed by atoms with Gasteiger partial charge in [0.1, 0.15) is 6.10 Å². The van der Waals surface area contributed by atoms with Gasteiger partial charge in [-0.2, -0.15) is 0 Å². The molecule has 0 bridgehead atoms. The Hall–Kier alpha value is -0.610. The molecule has 2 atom stereocenters.